The Bertz CT molecular complexity index is 766. The maximum Gasteiger partial charge on any atom is 0.356 e. The van der Waals surface area contributed by atoms with Gasteiger partial charge in [0.05, 0.1) is 24.5 Å². The number of carbonyl (C=O) groups is 1. The summed E-state index contributed by atoms with van der Waals surface area (Å²) in [6, 6.07) is 5.25. The van der Waals surface area contributed by atoms with Crippen molar-refractivity contribution in [3.8, 4) is 22.8 Å². The topological polar surface area (TPSA) is 73.6 Å². The summed E-state index contributed by atoms with van der Waals surface area (Å²) in [6.07, 6.45) is 4.50. The van der Waals surface area contributed by atoms with E-state index in [1.165, 1.54) is 0 Å². The number of aromatic nitrogens is 2. The van der Waals surface area contributed by atoms with Gasteiger partial charge < -0.3 is 14.6 Å². The first-order chi connectivity index (χ1) is 11.5. The van der Waals surface area contributed by atoms with E-state index >= 15 is 0 Å². The van der Waals surface area contributed by atoms with E-state index in [-0.39, 0.29) is 11.8 Å². The van der Waals surface area contributed by atoms with Gasteiger partial charge in [0.1, 0.15) is 0 Å². The van der Waals surface area contributed by atoms with Crippen molar-refractivity contribution >= 4 is 21.9 Å². The van der Waals surface area contributed by atoms with Gasteiger partial charge in [-0.3, -0.25) is 4.68 Å². The van der Waals surface area contributed by atoms with E-state index in [0.717, 1.165) is 35.7 Å². The van der Waals surface area contributed by atoms with Crippen molar-refractivity contribution in [1.82, 2.24) is 9.78 Å². The van der Waals surface area contributed by atoms with Crippen molar-refractivity contribution in [3.05, 3.63) is 28.4 Å². The molecule has 1 saturated carbocycles. The fraction of sp³-hybridized carbons (Fsp3) is 0.412. The van der Waals surface area contributed by atoms with Crippen LogP contribution < -0.4 is 9.47 Å². The van der Waals surface area contributed by atoms with Crippen molar-refractivity contribution in [2.45, 2.75) is 31.8 Å². The lowest BCUT2D eigenvalue weighted by molar-refractivity contribution is 0.0689. The molecule has 0 bridgehead atoms. The van der Waals surface area contributed by atoms with Crippen LogP contribution in [-0.4, -0.2) is 34.1 Å². The molecule has 2 aromatic rings. The lowest BCUT2D eigenvalue weighted by Crippen LogP contribution is -2.13. The molecule has 24 heavy (non-hydrogen) atoms. The second kappa shape index (κ2) is 6.84. The third-order valence-corrected chi connectivity index (χ3v) is 4.89. The quantitative estimate of drug-likeness (QED) is 0.832. The highest BCUT2D eigenvalue weighted by Gasteiger charge is 2.25. The van der Waals surface area contributed by atoms with Crippen LogP contribution in [0.2, 0.25) is 0 Å². The average molecular weight is 395 g/mol. The lowest BCUT2D eigenvalue weighted by atomic mass is 10.1. The van der Waals surface area contributed by atoms with E-state index < -0.39 is 5.97 Å². The predicted octanol–water partition coefficient (Wildman–Crippen LogP) is 3.88. The summed E-state index contributed by atoms with van der Waals surface area (Å²) in [5, 5.41) is 13.3. The van der Waals surface area contributed by atoms with Gasteiger partial charge in [-0.1, -0.05) is 0 Å². The number of carboxylic acids is 1. The Morgan fingerprint density at radius 1 is 1.38 bits per heavy atom. The van der Waals surface area contributed by atoms with Crippen LogP contribution in [0.15, 0.2) is 22.7 Å². The number of benzene rings is 1. The van der Waals surface area contributed by atoms with E-state index in [0.29, 0.717) is 17.2 Å². The van der Waals surface area contributed by atoms with E-state index in [9.17, 15) is 9.90 Å². The molecule has 1 N–H and O–H groups in total. The molecule has 1 aromatic carbocycles. The molecule has 0 spiro atoms. The van der Waals surface area contributed by atoms with Gasteiger partial charge in [-0.2, -0.15) is 5.10 Å². The molecule has 3 rings (SSSR count). The minimum absolute atomic E-state index is 0.00552. The fourth-order valence-corrected chi connectivity index (χ4v) is 3.55. The Labute approximate surface area is 148 Å². The highest BCUT2D eigenvalue weighted by atomic mass is 79.9. The van der Waals surface area contributed by atoms with Gasteiger partial charge in [-0.25, -0.2) is 4.79 Å². The zero-order valence-electron chi connectivity index (χ0n) is 13.6. The molecule has 0 atom stereocenters. The third kappa shape index (κ3) is 3.13. The molecule has 0 amide bonds. The van der Waals surface area contributed by atoms with Crippen LogP contribution in [0.5, 0.6) is 11.5 Å². The summed E-state index contributed by atoms with van der Waals surface area (Å²) in [5.74, 6) is 0.186. The number of ether oxygens (including phenoxy) is 2. The fourth-order valence-electron chi connectivity index (χ4n) is 3.03. The number of nitrogens with zero attached hydrogens (tertiary/aromatic N) is 2. The number of hydrogen-bond acceptors (Lipinski definition) is 4. The standard InChI is InChI=1S/C17H19BrN2O4/c1-20-13(9-12(19-20)17(21)22)15-11(18)7-8-14(23-2)16(15)24-10-5-3-4-6-10/h7-10H,3-6H2,1-2H3,(H,21,22). The largest absolute Gasteiger partial charge is 0.493 e. The molecule has 1 heterocycles. The lowest BCUT2D eigenvalue weighted by Gasteiger charge is -2.20. The molecule has 1 aliphatic rings. The SMILES string of the molecule is COc1ccc(Br)c(-c2cc(C(=O)O)nn2C)c1OC1CCCC1. The van der Waals surface area contributed by atoms with Gasteiger partial charge in [-0.15, -0.1) is 0 Å². The zero-order valence-corrected chi connectivity index (χ0v) is 15.2. The first kappa shape index (κ1) is 16.8. The van der Waals surface area contributed by atoms with E-state index in [1.807, 2.05) is 12.1 Å². The summed E-state index contributed by atoms with van der Waals surface area (Å²) < 4.78 is 14.1. The highest BCUT2D eigenvalue weighted by molar-refractivity contribution is 9.10. The summed E-state index contributed by atoms with van der Waals surface area (Å²) >= 11 is 3.55. The molecule has 1 aliphatic carbocycles. The number of hydrogen-bond donors (Lipinski definition) is 1. The van der Waals surface area contributed by atoms with Gasteiger partial charge in [-0.05, 0) is 59.8 Å². The first-order valence-electron chi connectivity index (χ1n) is 7.82. The number of aryl methyl sites for hydroxylation is 1. The number of methoxy groups -OCH3 is 1. The van der Waals surface area contributed by atoms with Gasteiger partial charge in [0.2, 0.25) is 0 Å². The Morgan fingerprint density at radius 3 is 2.67 bits per heavy atom. The maximum absolute atomic E-state index is 11.2. The number of rotatable bonds is 5. The normalized spacial score (nSPS) is 14.8. The molecule has 7 heteroatoms. The van der Waals surface area contributed by atoms with Gasteiger partial charge >= 0.3 is 5.97 Å². The molecule has 0 radical (unpaired) electrons. The average Bonchev–Trinajstić information content (AvgIpc) is 3.18. The van der Waals surface area contributed by atoms with Crippen LogP contribution in [0.3, 0.4) is 0 Å². The maximum atomic E-state index is 11.2. The van der Waals surface area contributed by atoms with Gasteiger partial charge in [0, 0.05) is 11.5 Å². The Morgan fingerprint density at radius 2 is 2.08 bits per heavy atom. The zero-order chi connectivity index (χ0) is 17.3. The van der Waals surface area contributed by atoms with Crippen LogP contribution in [-0.2, 0) is 7.05 Å². The van der Waals surface area contributed by atoms with Gasteiger partial charge in [0.25, 0.3) is 0 Å². The van der Waals surface area contributed by atoms with Crippen LogP contribution in [0.1, 0.15) is 36.2 Å². The van der Waals surface area contributed by atoms with Crippen molar-refractivity contribution < 1.29 is 19.4 Å². The minimum Gasteiger partial charge on any atom is -0.493 e. The van der Waals surface area contributed by atoms with E-state index in [4.69, 9.17) is 9.47 Å². The van der Waals surface area contributed by atoms with Crippen molar-refractivity contribution in [1.29, 1.82) is 0 Å². The molecular formula is C17H19BrN2O4. The minimum atomic E-state index is -1.06. The number of carboxylic acid groups (broad SMARTS) is 1. The van der Waals surface area contributed by atoms with Crippen LogP contribution in [0.25, 0.3) is 11.3 Å². The Balaban J connectivity index is 2.13. The smallest absolute Gasteiger partial charge is 0.356 e. The molecule has 0 saturated heterocycles. The van der Waals surface area contributed by atoms with Crippen LogP contribution in [0, 0.1) is 0 Å². The van der Waals surface area contributed by atoms with Crippen molar-refractivity contribution in [3.63, 3.8) is 0 Å². The molecule has 1 fully saturated rings. The Hall–Kier alpha value is -2.02. The Kier molecular flexibility index (Phi) is 4.80. The third-order valence-electron chi connectivity index (χ3n) is 4.23. The van der Waals surface area contributed by atoms with Crippen LogP contribution in [0.4, 0.5) is 0 Å². The van der Waals surface area contributed by atoms with Crippen molar-refractivity contribution in [2.24, 2.45) is 7.05 Å². The summed E-state index contributed by atoms with van der Waals surface area (Å²) in [7, 11) is 3.31. The molecule has 128 valence electrons. The molecule has 0 unspecified atom stereocenters. The summed E-state index contributed by atoms with van der Waals surface area (Å²) in [5.41, 5.74) is 1.41. The second-order valence-electron chi connectivity index (χ2n) is 5.82. The van der Waals surface area contributed by atoms with Gasteiger partial charge in [0.15, 0.2) is 17.2 Å². The van der Waals surface area contributed by atoms with Crippen LogP contribution >= 0.6 is 15.9 Å². The highest BCUT2D eigenvalue weighted by Crippen LogP contribution is 2.44. The molecule has 1 aromatic heterocycles. The second-order valence-corrected chi connectivity index (χ2v) is 6.68. The first-order valence-corrected chi connectivity index (χ1v) is 8.61. The van der Waals surface area contributed by atoms with E-state index in [2.05, 4.69) is 21.0 Å². The monoisotopic (exact) mass is 394 g/mol. The molecule has 6 nitrogen and oxygen atoms in total. The molecule has 0 aliphatic heterocycles. The number of halogens is 1. The molecular weight excluding hydrogens is 376 g/mol. The van der Waals surface area contributed by atoms with E-state index in [1.54, 1.807) is 24.9 Å². The summed E-state index contributed by atoms with van der Waals surface area (Å²) in [6.45, 7) is 0. The van der Waals surface area contributed by atoms with Crippen molar-refractivity contribution in [2.75, 3.05) is 7.11 Å². The predicted molar refractivity (Wildman–Crippen MR) is 92.7 cm³/mol. The number of aromatic carboxylic acids is 1. The summed E-state index contributed by atoms with van der Waals surface area (Å²) in [4.78, 5) is 11.2.